The Balaban J connectivity index is 1.27. The summed E-state index contributed by atoms with van der Waals surface area (Å²) in [5.41, 5.74) is 3.98. The van der Waals surface area contributed by atoms with Crippen LogP contribution in [0, 0.1) is 11.8 Å². The topological polar surface area (TPSA) is 55.4 Å². The third kappa shape index (κ3) is 5.45. The van der Waals surface area contributed by atoms with Crippen molar-refractivity contribution in [1.29, 1.82) is 0 Å². The normalized spacial score (nSPS) is 23.6. The van der Waals surface area contributed by atoms with Gasteiger partial charge in [-0.05, 0) is 84.9 Å². The molecule has 4 nitrogen and oxygen atoms in total. The average Bonchev–Trinajstić information content (AvgIpc) is 3.33. The number of carbonyl (C=O) groups is 2. The van der Waals surface area contributed by atoms with Gasteiger partial charge in [0.05, 0.1) is 17.9 Å². The quantitative estimate of drug-likeness (QED) is 0.580. The summed E-state index contributed by atoms with van der Waals surface area (Å²) in [5, 5.41) is 5.22. The summed E-state index contributed by atoms with van der Waals surface area (Å²) in [6.07, 6.45) is 9.26. The number of methoxy groups -OCH3 is 1. The molecule has 4 rings (SSSR count). The fraction of sp³-hybridized carbons (Fsp3) is 0.462. The van der Waals surface area contributed by atoms with Crippen molar-refractivity contribution in [1.82, 2.24) is 5.32 Å². The van der Waals surface area contributed by atoms with Gasteiger partial charge in [0, 0.05) is 6.54 Å². The van der Waals surface area contributed by atoms with Gasteiger partial charge in [-0.1, -0.05) is 36.4 Å². The van der Waals surface area contributed by atoms with E-state index in [0.29, 0.717) is 18.4 Å². The predicted octanol–water partition coefficient (Wildman–Crippen LogP) is 5.81. The highest BCUT2D eigenvalue weighted by molar-refractivity contribution is 7.12. The molecule has 1 unspecified atom stereocenters. The molecular formula is C26H31NO3S. The summed E-state index contributed by atoms with van der Waals surface area (Å²) in [5.74, 6) is 0.994. The number of ether oxygens (including phenoxy) is 1. The van der Waals surface area contributed by atoms with E-state index in [4.69, 9.17) is 4.74 Å². The van der Waals surface area contributed by atoms with E-state index in [0.717, 1.165) is 49.8 Å². The number of benzene rings is 1. The first-order valence-corrected chi connectivity index (χ1v) is 12.2. The lowest BCUT2D eigenvalue weighted by molar-refractivity contribution is -0.146. The number of hydrogen-bond donors (Lipinski definition) is 1. The molecule has 0 radical (unpaired) electrons. The zero-order valence-corrected chi connectivity index (χ0v) is 19.0. The molecule has 1 heterocycles. The standard InChI is InChI=1S/C26H31NO3S/c1-30-26(29)22-9-7-18(8-10-22)16-27-25(28)24-15-23(17-31-24)21-13-11-20(12-14-21)19-5-3-2-4-6-19/h2-6,13,15,17-18,20,22H,7-12,14,16H2,1H3,(H,27,28)/t18-,20?,22-. The lowest BCUT2D eigenvalue weighted by Gasteiger charge is -2.26. The van der Waals surface area contributed by atoms with Gasteiger partial charge in [-0.3, -0.25) is 9.59 Å². The second-order valence-electron chi connectivity index (χ2n) is 8.76. The largest absolute Gasteiger partial charge is 0.469 e. The Kier molecular flexibility index (Phi) is 7.23. The second-order valence-corrected chi connectivity index (χ2v) is 9.67. The van der Waals surface area contributed by atoms with Crippen LogP contribution < -0.4 is 5.32 Å². The van der Waals surface area contributed by atoms with Crippen LogP contribution in [0.1, 0.15) is 71.7 Å². The van der Waals surface area contributed by atoms with Crippen molar-refractivity contribution in [2.45, 2.75) is 50.9 Å². The summed E-state index contributed by atoms with van der Waals surface area (Å²) in [7, 11) is 1.45. The van der Waals surface area contributed by atoms with Gasteiger partial charge in [-0.15, -0.1) is 11.3 Å². The number of esters is 1. The maximum Gasteiger partial charge on any atom is 0.308 e. The van der Waals surface area contributed by atoms with Crippen LogP contribution in [0.3, 0.4) is 0 Å². The second kappa shape index (κ2) is 10.3. The van der Waals surface area contributed by atoms with E-state index in [-0.39, 0.29) is 17.8 Å². The minimum atomic E-state index is -0.0966. The molecule has 1 fully saturated rings. The lowest BCUT2D eigenvalue weighted by Crippen LogP contribution is -2.32. The van der Waals surface area contributed by atoms with E-state index < -0.39 is 0 Å². The average molecular weight is 438 g/mol. The Morgan fingerprint density at radius 2 is 1.87 bits per heavy atom. The van der Waals surface area contributed by atoms with Crippen molar-refractivity contribution >= 4 is 28.8 Å². The summed E-state index contributed by atoms with van der Waals surface area (Å²) in [4.78, 5) is 25.1. The van der Waals surface area contributed by atoms with Crippen LogP contribution in [0.5, 0.6) is 0 Å². The third-order valence-electron chi connectivity index (χ3n) is 6.81. The Morgan fingerprint density at radius 3 is 2.55 bits per heavy atom. The number of allylic oxidation sites excluding steroid dienone is 2. The first-order chi connectivity index (χ1) is 15.1. The highest BCUT2D eigenvalue weighted by Gasteiger charge is 2.27. The summed E-state index contributed by atoms with van der Waals surface area (Å²) in [6.45, 7) is 0.682. The molecule has 0 spiro atoms. The number of carbonyl (C=O) groups excluding carboxylic acids is 2. The zero-order chi connectivity index (χ0) is 21.6. The minimum Gasteiger partial charge on any atom is -0.469 e. The molecule has 2 aromatic rings. The number of nitrogens with one attached hydrogen (secondary N) is 1. The first-order valence-electron chi connectivity index (χ1n) is 11.3. The molecule has 2 aliphatic rings. The van der Waals surface area contributed by atoms with Crippen LogP contribution in [0.25, 0.3) is 5.57 Å². The molecule has 1 aromatic carbocycles. The van der Waals surface area contributed by atoms with Gasteiger partial charge in [0.2, 0.25) is 0 Å². The highest BCUT2D eigenvalue weighted by Crippen LogP contribution is 2.37. The Bertz CT molecular complexity index is 925. The predicted molar refractivity (Wildman–Crippen MR) is 125 cm³/mol. The number of hydrogen-bond acceptors (Lipinski definition) is 4. The maximum atomic E-state index is 12.6. The van der Waals surface area contributed by atoms with Gasteiger partial charge in [0.15, 0.2) is 0 Å². The van der Waals surface area contributed by atoms with E-state index in [1.807, 2.05) is 6.07 Å². The number of thiophene rings is 1. The van der Waals surface area contributed by atoms with Gasteiger partial charge < -0.3 is 10.1 Å². The van der Waals surface area contributed by atoms with E-state index >= 15 is 0 Å². The van der Waals surface area contributed by atoms with Crippen LogP contribution >= 0.6 is 11.3 Å². The summed E-state index contributed by atoms with van der Waals surface area (Å²) < 4.78 is 4.85. The lowest BCUT2D eigenvalue weighted by atomic mass is 9.82. The molecular weight excluding hydrogens is 406 g/mol. The molecule has 1 aromatic heterocycles. The Hall–Kier alpha value is -2.40. The fourth-order valence-corrected chi connectivity index (χ4v) is 5.69. The molecule has 1 amide bonds. The Labute approximate surface area is 188 Å². The van der Waals surface area contributed by atoms with E-state index in [1.54, 1.807) is 0 Å². The Morgan fingerprint density at radius 1 is 1.10 bits per heavy atom. The van der Waals surface area contributed by atoms with E-state index in [2.05, 4.69) is 47.1 Å². The van der Waals surface area contributed by atoms with Crippen molar-refractivity contribution < 1.29 is 14.3 Å². The van der Waals surface area contributed by atoms with E-state index in [1.165, 1.54) is 35.1 Å². The number of rotatable bonds is 6. The van der Waals surface area contributed by atoms with Crippen LogP contribution in [0.2, 0.25) is 0 Å². The molecule has 5 heteroatoms. The fourth-order valence-electron chi connectivity index (χ4n) is 4.84. The molecule has 0 saturated heterocycles. The van der Waals surface area contributed by atoms with Gasteiger partial charge in [0.1, 0.15) is 0 Å². The van der Waals surface area contributed by atoms with Crippen LogP contribution in [-0.2, 0) is 9.53 Å². The van der Waals surface area contributed by atoms with Crippen molar-refractivity contribution in [2.24, 2.45) is 11.8 Å². The van der Waals surface area contributed by atoms with Gasteiger partial charge in [-0.2, -0.15) is 0 Å². The molecule has 1 saturated carbocycles. The number of amides is 1. The molecule has 31 heavy (non-hydrogen) atoms. The van der Waals surface area contributed by atoms with E-state index in [9.17, 15) is 9.59 Å². The minimum absolute atomic E-state index is 0.0184. The third-order valence-corrected chi connectivity index (χ3v) is 7.74. The molecule has 2 aliphatic carbocycles. The molecule has 164 valence electrons. The summed E-state index contributed by atoms with van der Waals surface area (Å²) in [6, 6.07) is 12.8. The SMILES string of the molecule is COC(=O)[C@H]1CC[C@H](CNC(=O)c2cc(C3=CCC(c4ccccc4)CC3)cs2)CC1. The molecule has 1 atom stereocenters. The molecule has 0 aliphatic heterocycles. The summed E-state index contributed by atoms with van der Waals surface area (Å²) >= 11 is 1.53. The molecule has 0 bridgehead atoms. The van der Waals surface area contributed by atoms with Crippen molar-refractivity contribution in [3.63, 3.8) is 0 Å². The smallest absolute Gasteiger partial charge is 0.308 e. The van der Waals surface area contributed by atoms with Crippen molar-refractivity contribution in [3.05, 3.63) is 63.9 Å². The maximum absolute atomic E-state index is 12.6. The zero-order valence-electron chi connectivity index (χ0n) is 18.1. The monoisotopic (exact) mass is 437 g/mol. The van der Waals surface area contributed by atoms with Crippen LogP contribution in [0.4, 0.5) is 0 Å². The van der Waals surface area contributed by atoms with Crippen molar-refractivity contribution in [2.75, 3.05) is 13.7 Å². The van der Waals surface area contributed by atoms with Gasteiger partial charge in [0.25, 0.3) is 5.91 Å². The van der Waals surface area contributed by atoms with Crippen molar-refractivity contribution in [3.8, 4) is 0 Å². The molecule has 1 N–H and O–H groups in total. The van der Waals surface area contributed by atoms with Gasteiger partial charge in [-0.25, -0.2) is 0 Å². The van der Waals surface area contributed by atoms with Gasteiger partial charge >= 0.3 is 5.97 Å². The first kappa shape index (κ1) is 21.8. The van der Waals surface area contributed by atoms with Crippen LogP contribution in [0.15, 0.2) is 47.9 Å². The van der Waals surface area contributed by atoms with Crippen LogP contribution in [-0.4, -0.2) is 25.5 Å². The highest BCUT2D eigenvalue weighted by atomic mass is 32.1.